The van der Waals surface area contributed by atoms with E-state index in [1.54, 1.807) is 0 Å². The number of carbonyl (C=O) groups excluding carboxylic acids is 1. The van der Waals surface area contributed by atoms with Crippen LogP contribution < -0.4 is 5.32 Å². The van der Waals surface area contributed by atoms with Gasteiger partial charge in [-0.15, -0.1) is 0 Å². The van der Waals surface area contributed by atoms with Crippen molar-refractivity contribution in [2.45, 2.75) is 59.5 Å². The van der Waals surface area contributed by atoms with Gasteiger partial charge in [0.05, 0.1) is 23.7 Å². The molecule has 0 spiro atoms. The van der Waals surface area contributed by atoms with Crippen molar-refractivity contribution in [3.05, 3.63) is 46.8 Å². The van der Waals surface area contributed by atoms with Gasteiger partial charge in [0.1, 0.15) is 6.04 Å². The molecule has 1 aliphatic rings. The fourth-order valence-electron chi connectivity index (χ4n) is 4.73. The van der Waals surface area contributed by atoms with E-state index in [1.165, 1.54) is 21.9 Å². The van der Waals surface area contributed by atoms with Crippen LogP contribution in [-0.4, -0.2) is 33.2 Å². The number of hydrogen-bond acceptors (Lipinski definition) is 2. The monoisotopic (exact) mass is 393 g/mol. The molecule has 1 amide bonds. The number of aromatic nitrogens is 2. The second-order valence-corrected chi connectivity index (χ2v) is 8.96. The normalized spacial score (nSPS) is 19.5. The fraction of sp³-hybridized carbons (Fsp3) is 0.458. The molecule has 0 saturated heterocycles. The van der Waals surface area contributed by atoms with Gasteiger partial charge in [-0.1, -0.05) is 25.5 Å². The molecule has 1 aromatic carbocycles. The lowest BCUT2D eigenvalue weighted by molar-refractivity contribution is -0.126. The van der Waals surface area contributed by atoms with Gasteiger partial charge in [-0.25, -0.2) is 0 Å². The standard InChI is InChI=1S/C24H31N3O2/c1-13(2)6-7-16-9-17-8-15(5)27-22(14(3)4)24(29)26-19(12-28)10-18-11-25-21(16)20(18)23(17)27/h6,8-9,11,14,19,22,25,28H,7,10,12H2,1-5H3,(H,26,29)/t19-,22-/m0/s1. The third-order valence-electron chi connectivity index (χ3n) is 6.05. The number of nitrogens with zero attached hydrogens (tertiary/aromatic N) is 1. The van der Waals surface area contributed by atoms with Crippen LogP contribution in [0.4, 0.5) is 0 Å². The molecule has 5 heteroatoms. The molecule has 0 unspecified atom stereocenters. The third-order valence-corrected chi connectivity index (χ3v) is 6.05. The smallest absolute Gasteiger partial charge is 0.243 e. The van der Waals surface area contributed by atoms with Crippen molar-refractivity contribution in [1.82, 2.24) is 14.9 Å². The summed E-state index contributed by atoms with van der Waals surface area (Å²) in [6.07, 6.45) is 5.78. The Kier molecular flexibility index (Phi) is 5.03. The summed E-state index contributed by atoms with van der Waals surface area (Å²) < 4.78 is 2.21. The van der Waals surface area contributed by atoms with Crippen LogP contribution in [0, 0.1) is 12.8 Å². The lowest BCUT2D eigenvalue weighted by Gasteiger charge is -2.26. The summed E-state index contributed by atoms with van der Waals surface area (Å²) in [6, 6.07) is 3.86. The van der Waals surface area contributed by atoms with Crippen LogP contribution in [0.5, 0.6) is 0 Å². The Hall–Kier alpha value is -2.53. The minimum atomic E-state index is -0.311. The van der Waals surface area contributed by atoms with E-state index in [9.17, 15) is 9.90 Å². The molecule has 29 heavy (non-hydrogen) atoms. The first kappa shape index (κ1) is 19.8. The van der Waals surface area contributed by atoms with Crippen LogP contribution in [0.15, 0.2) is 30.0 Å². The lowest BCUT2D eigenvalue weighted by atomic mass is 9.99. The zero-order valence-electron chi connectivity index (χ0n) is 18.0. The van der Waals surface area contributed by atoms with Crippen molar-refractivity contribution in [3.8, 4) is 0 Å². The largest absolute Gasteiger partial charge is 0.394 e. The predicted octanol–water partition coefficient (Wildman–Crippen LogP) is 4.17. The number of amides is 1. The zero-order valence-corrected chi connectivity index (χ0v) is 18.0. The third kappa shape index (κ3) is 3.27. The van der Waals surface area contributed by atoms with Crippen molar-refractivity contribution in [2.75, 3.05) is 6.61 Å². The summed E-state index contributed by atoms with van der Waals surface area (Å²) in [5.74, 6) is 0.111. The molecule has 2 atom stereocenters. The van der Waals surface area contributed by atoms with Crippen molar-refractivity contribution in [2.24, 2.45) is 5.92 Å². The van der Waals surface area contributed by atoms with E-state index in [4.69, 9.17) is 0 Å². The second-order valence-electron chi connectivity index (χ2n) is 8.96. The Bertz CT molecular complexity index is 1110. The first-order valence-corrected chi connectivity index (χ1v) is 10.5. The highest BCUT2D eigenvalue weighted by Crippen LogP contribution is 2.38. The van der Waals surface area contributed by atoms with Gasteiger partial charge in [0, 0.05) is 22.7 Å². The number of carbonyl (C=O) groups is 1. The quantitative estimate of drug-likeness (QED) is 0.582. The SMILES string of the molecule is CC(C)=CCc1cc2cc(C)n3c2c2c(c[nH]c12)C[C@@H](CO)NC(=O)[C@@H]3C(C)C. The Morgan fingerprint density at radius 3 is 2.76 bits per heavy atom. The average Bonchev–Trinajstić information content (AvgIpc) is 3.20. The molecule has 0 aliphatic carbocycles. The molecule has 0 bridgehead atoms. The molecule has 5 nitrogen and oxygen atoms in total. The maximum Gasteiger partial charge on any atom is 0.243 e. The minimum absolute atomic E-state index is 0.0180. The van der Waals surface area contributed by atoms with Gasteiger partial charge in [-0.3, -0.25) is 4.79 Å². The fourth-order valence-corrected chi connectivity index (χ4v) is 4.73. The Balaban J connectivity index is 2.09. The molecule has 154 valence electrons. The van der Waals surface area contributed by atoms with E-state index in [-0.39, 0.29) is 30.5 Å². The molecule has 3 N–H and O–H groups in total. The zero-order chi connectivity index (χ0) is 20.9. The Labute approximate surface area is 171 Å². The highest BCUT2D eigenvalue weighted by atomic mass is 16.3. The van der Waals surface area contributed by atoms with Gasteiger partial charge >= 0.3 is 0 Å². The molecule has 3 heterocycles. The van der Waals surface area contributed by atoms with Crippen LogP contribution in [-0.2, 0) is 17.6 Å². The molecule has 4 rings (SSSR count). The number of aliphatic hydroxyl groups excluding tert-OH is 1. The van der Waals surface area contributed by atoms with E-state index < -0.39 is 0 Å². The second kappa shape index (κ2) is 7.38. The number of aliphatic hydroxyl groups is 1. The molecule has 0 radical (unpaired) electrons. The van der Waals surface area contributed by atoms with Gasteiger partial charge < -0.3 is 20.0 Å². The van der Waals surface area contributed by atoms with E-state index in [2.05, 4.69) is 67.7 Å². The highest BCUT2D eigenvalue weighted by molar-refractivity contribution is 6.09. The molecular formula is C24H31N3O2. The van der Waals surface area contributed by atoms with Gasteiger partial charge in [-0.05, 0) is 62.8 Å². The number of H-pyrrole nitrogens is 1. The summed E-state index contributed by atoms with van der Waals surface area (Å²) in [4.78, 5) is 16.7. The molecule has 2 aromatic heterocycles. The van der Waals surface area contributed by atoms with E-state index in [0.29, 0.717) is 6.42 Å². The first-order chi connectivity index (χ1) is 13.8. The van der Waals surface area contributed by atoms with E-state index in [0.717, 1.165) is 28.7 Å². The summed E-state index contributed by atoms with van der Waals surface area (Å²) in [5.41, 5.74) is 7.06. The maximum absolute atomic E-state index is 13.2. The molecule has 0 fully saturated rings. The number of rotatable bonds is 4. The number of benzene rings is 1. The van der Waals surface area contributed by atoms with E-state index in [1.807, 2.05) is 6.20 Å². The lowest BCUT2D eigenvalue weighted by Crippen LogP contribution is -2.44. The Morgan fingerprint density at radius 1 is 1.34 bits per heavy atom. The predicted molar refractivity (Wildman–Crippen MR) is 118 cm³/mol. The Morgan fingerprint density at radius 2 is 2.10 bits per heavy atom. The van der Waals surface area contributed by atoms with Gasteiger partial charge in [-0.2, -0.15) is 0 Å². The number of hydrogen-bond donors (Lipinski definition) is 3. The van der Waals surface area contributed by atoms with Crippen LogP contribution in [0.25, 0.3) is 21.8 Å². The maximum atomic E-state index is 13.2. The first-order valence-electron chi connectivity index (χ1n) is 10.5. The van der Waals surface area contributed by atoms with Gasteiger partial charge in [0.15, 0.2) is 0 Å². The average molecular weight is 394 g/mol. The number of aryl methyl sites for hydroxylation is 1. The number of nitrogens with one attached hydrogen (secondary N) is 2. The molecule has 0 saturated carbocycles. The van der Waals surface area contributed by atoms with Crippen LogP contribution in [0.3, 0.4) is 0 Å². The van der Waals surface area contributed by atoms with Crippen molar-refractivity contribution in [1.29, 1.82) is 0 Å². The van der Waals surface area contributed by atoms with Gasteiger partial charge in [0.25, 0.3) is 0 Å². The van der Waals surface area contributed by atoms with Crippen molar-refractivity contribution < 1.29 is 9.90 Å². The molecular weight excluding hydrogens is 362 g/mol. The van der Waals surface area contributed by atoms with Crippen molar-refractivity contribution in [3.63, 3.8) is 0 Å². The van der Waals surface area contributed by atoms with Crippen LogP contribution in [0.2, 0.25) is 0 Å². The molecule has 3 aromatic rings. The number of allylic oxidation sites excluding steroid dienone is 2. The number of aromatic amines is 1. The molecule has 1 aliphatic heterocycles. The van der Waals surface area contributed by atoms with Crippen molar-refractivity contribution >= 4 is 27.7 Å². The summed E-state index contributed by atoms with van der Waals surface area (Å²) in [7, 11) is 0. The summed E-state index contributed by atoms with van der Waals surface area (Å²) in [5, 5.41) is 15.4. The van der Waals surface area contributed by atoms with Crippen LogP contribution >= 0.6 is 0 Å². The summed E-state index contributed by atoms with van der Waals surface area (Å²) in [6.45, 7) is 10.4. The topological polar surface area (TPSA) is 70.1 Å². The highest BCUT2D eigenvalue weighted by Gasteiger charge is 2.31. The van der Waals surface area contributed by atoms with E-state index >= 15 is 0 Å². The minimum Gasteiger partial charge on any atom is -0.394 e. The summed E-state index contributed by atoms with van der Waals surface area (Å²) >= 11 is 0. The van der Waals surface area contributed by atoms with Crippen LogP contribution in [0.1, 0.15) is 50.6 Å². The van der Waals surface area contributed by atoms with Gasteiger partial charge in [0.2, 0.25) is 5.91 Å².